The average molecular weight is 386 g/mol. The maximum Gasteiger partial charge on any atom is 0.344 e. The second-order valence-corrected chi connectivity index (χ2v) is 5.75. The molecule has 1 unspecified atom stereocenters. The summed E-state index contributed by atoms with van der Waals surface area (Å²) >= 11 is 0. The number of allylic oxidation sites excluding steroid dienone is 2. The van der Waals surface area contributed by atoms with E-state index in [0.29, 0.717) is 11.3 Å². The van der Waals surface area contributed by atoms with E-state index in [-0.39, 0.29) is 42.6 Å². The first kappa shape index (κ1) is 20.8. The molecule has 8 nitrogen and oxygen atoms in total. The van der Waals surface area contributed by atoms with Crippen LogP contribution in [0, 0.1) is 11.3 Å². The van der Waals surface area contributed by atoms with Gasteiger partial charge in [-0.25, -0.2) is 9.59 Å². The molecule has 1 aromatic rings. The summed E-state index contributed by atoms with van der Waals surface area (Å²) in [6, 6.07) is 8.76. The molecule has 1 aliphatic rings. The lowest BCUT2D eigenvalue weighted by atomic mass is 9.82. The van der Waals surface area contributed by atoms with Gasteiger partial charge in [0.25, 0.3) is 0 Å². The highest BCUT2D eigenvalue weighted by Gasteiger charge is 2.37. The minimum atomic E-state index is -0.851. The molecule has 28 heavy (non-hydrogen) atoms. The Bertz CT molecular complexity index is 866. The summed E-state index contributed by atoms with van der Waals surface area (Å²) < 4.78 is 21.0. The molecule has 8 heteroatoms. The minimum Gasteiger partial charge on any atom is -0.482 e. The van der Waals surface area contributed by atoms with E-state index in [1.807, 2.05) is 6.07 Å². The molecule has 148 valence electrons. The average Bonchev–Trinajstić information content (AvgIpc) is 2.66. The van der Waals surface area contributed by atoms with Crippen LogP contribution in [-0.4, -0.2) is 31.8 Å². The van der Waals surface area contributed by atoms with E-state index in [2.05, 4.69) is 0 Å². The zero-order chi connectivity index (χ0) is 20.7. The van der Waals surface area contributed by atoms with Gasteiger partial charge in [-0.15, -0.1) is 0 Å². The van der Waals surface area contributed by atoms with E-state index >= 15 is 0 Å². The van der Waals surface area contributed by atoms with Crippen LogP contribution in [0.25, 0.3) is 0 Å². The van der Waals surface area contributed by atoms with Crippen molar-refractivity contribution < 1.29 is 28.5 Å². The Balaban J connectivity index is 2.51. The third-order valence-electron chi connectivity index (χ3n) is 3.98. The molecule has 1 aliphatic heterocycles. The van der Waals surface area contributed by atoms with E-state index in [9.17, 15) is 14.9 Å². The summed E-state index contributed by atoms with van der Waals surface area (Å²) in [5.74, 6) is -1.55. The van der Waals surface area contributed by atoms with E-state index in [0.717, 1.165) is 0 Å². The Hall–Kier alpha value is -3.47. The van der Waals surface area contributed by atoms with Gasteiger partial charge in [-0.1, -0.05) is 18.2 Å². The first-order chi connectivity index (χ1) is 13.4. The fourth-order valence-corrected chi connectivity index (χ4v) is 2.86. The number of carbonyl (C=O) groups is 2. The Labute approximate surface area is 163 Å². The molecular formula is C20H22N2O6. The Morgan fingerprint density at radius 1 is 1.21 bits per heavy atom. The van der Waals surface area contributed by atoms with Crippen molar-refractivity contribution in [3.8, 4) is 11.8 Å². The number of hydrogen-bond donors (Lipinski definition) is 1. The van der Waals surface area contributed by atoms with E-state index < -0.39 is 17.9 Å². The first-order valence-corrected chi connectivity index (χ1v) is 8.77. The maximum absolute atomic E-state index is 12.6. The summed E-state index contributed by atoms with van der Waals surface area (Å²) in [4.78, 5) is 24.2. The summed E-state index contributed by atoms with van der Waals surface area (Å²) in [6.45, 7) is 5.02. The van der Waals surface area contributed by atoms with Gasteiger partial charge in [0.2, 0.25) is 5.88 Å². The van der Waals surface area contributed by atoms with Crippen LogP contribution in [0.1, 0.15) is 32.3 Å². The number of nitrogens with two attached hydrogens (primary N) is 1. The number of benzene rings is 1. The van der Waals surface area contributed by atoms with Gasteiger partial charge in [0, 0.05) is 5.56 Å². The normalized spacial score (nSPS) is 16.1. The van der Waals surface area contributed by atoms with Crippen molar-refractivity contribution >= 4 is 11.9 Å². The molecule has 2 N–H and O–H groups in total. The predicted octanol–water partition coefficient (Wildman–Crippen LogP) is 2.27. The van der Waals surface area contributed by atoms with Crippen molar-refractivity contribution in [3.63, 3.8) is 0 Å². The van der Waals surface area contributed by atoms with E-state index in [1.54, 1.807) is 45.0 Å². The van der Waals surface area contributed by atoms with Gasteiger partial charge in [-0.05, 0) is 26.8 Å². The second kappa shape index (κ2) is 9.46. The van der Waals surface area contributed by atoms with Gasteiger partial charge >= 0.3 is 11.9 Å². The monoisotopic (exact) mass is 386 g/mol. The third-order valence-corrected chi connectivity index (χ3v) is 3.98. The Morgan fingerprint density at radius 2 is 1.89 bits per heavy atom. The fraction of sp³-hybridized carbons (Fsp3) is 0.350. The Kier molecular flexibility index (Phi) is 7.04. The van der Waals surface area contributed by atoms with Crippen molar-refractivity contribution in [3.05, 3.63) is 52.6 Å². The molecule has 0 fully saturated rings. The molecule has 0 aromatic heterocycles. The second-order valence-electron chi connectivity index (χ2n) is 5.75. The van der Waals surface area contributed by atoms with Crippen LogP contribution in [0.3, 0.4) is 0 Å². The first-order valence-electron chi connectivity index (χ1n) is 8.77. The van der Waals surface area contributed by atoms with Crippen molar-refractivity contribution in [2.45, 2.75) is 26.7 Å². The number of hydrogen-bond acceptors (Lipinski definition) is 8. The van der Waals surface area contributed by atoms with Gasteiger partial charge < -0.3 is 24.7 Å². The van der Waals surface area contributed by atoms with Crippen LogP contribution in [0.5, 0.6) is 5.75 Å². The number of esters is 2. The highest BCUT2D eigenvalue weighted by Crippen LogP contribution is 2.42. The fourth-order valence-electron chi connectivity index (χ4n) is 2.86. The molecule has 0 spiro atoms. The lowest BCUT2D eigenvalue weighted by Gasteiger charge is -2.27. The van der Waals surface area contributed by atoms with Crippen LogP contribution < -0.4 is 10.5 Å². The molecule has 2 rings (SSSR count). The lowest BCUT2D eigenvalue weighted by Crippen LogP contribution is -2.26. The predicted molar refractivity (Wildman–Crippen MR) is 98.6 cm³/mol. The number of rotatable bonds is 7. The minimum absolute atomic E-state index is 0.0563. The van der Waals surface area contributed by atoms with Crippen molar-refractivity contribution in [2.75, 3.05) is 19.8 Å². The summed E-state index contributed by atoms with van der Waals surface area (Å²) in [7, 11) is 0. The van der Waals surface area contributed by atoms with Crippen LogP contribution in [0.15, 0.2) is 47.1 Å². The van der Waals surface area contributed by atoms with E-state index in [4.69, 9.17) is 24.7 Å². The largest absolute Gasteiger partial charge is 0.482 e. The quantitative estimate of drug-likeness (QED) is 0.709. The molecule has 0 amide bonds. The van der Waals surface area contributed by atoms with Crippen molar-refractivity contribution in [1.29, 1.82) is 5.26 Å². The number of para-hydroxylation sites is 1. The molecule has 1 aromatic carbocycles. The standard InChI is InChI=1S/C20H22N2O6/c1-4-25-16(23)11-27-15-9-7-6-8-13(15)18-14(10-21)19(22)28-12(3)17(18)20(24)26-5-2/h6-9,18H,4-5,11,22H2,1-3H3. The van der Waals surface area contributed by atoms with Gasteiger partial charge in [0.05, 0.1) is 24.7 Å². The van der Waals surface area contributed by atoms with Crippen LogP contribution >= 0.6 is 0 Å². The lowest BCUT2D eigenvalue weighted by molar-refractivity contribution is -0.145. The molecule has 0 radical (unpaired) electrons. The molecule has 1 heterocycles. The number of nitriles is 1. The number of carbonyl (C=O) groups excluding carboxylic acids is 2. The highest BCUT2D eigenvalue weighted by atomic mass is 16.6. The molecule has 0 saturated carbocycles. The van der Waals surface area contributed by atoms with Crippen molar-refractivity contribution in [1.82, 2.24) is 0 Å². The van der Waals surface area contributed by atoms with Crippen LogP contribution in [0.4, 0.5) is 0 Å². The maximum atomic E-state index is 12.6. The van der Waals surface area contributed by atoms with Crippen LogP contribution in [-0.2, 0) is 23.8 Å². The molecule has 0 aliphatic carbocycles. The van der Waals surface area contributed by atoms with Crippen LogP contribution in [0.2, 0.25) is 0 Å². The zero-order valence-corrected chi connectivity index (χ0v) is 16.0. The number of nitrogens with zero attached hydrogens (tertiary/aromatic N) is 1. The molecule has 0 bridgehead atoms. The molecule has 1 atom stereocenters. The highest BCUT2D eigenvalue weighted by molar-refractivity contribution is 5.92. The van der Waals surface area contributed by atoms with Gasteiger partial charge in [0.15, 0.2) is 6.61 Å². The van der Waals surface area contributed by atoms with Gasteiger partial charge in [0.1, 0.15) is 23.2 Å². The zero-order valence-electron chi connectivity index (χ0n) is 16.0. The summed E-state index contributed by atoms with van der Waals surface area (Å²) in [5, 5.41) is 9.63. The SMILES string of the molecule is CCOC(=O)COc1ccccc1C1C(C#N)=C(N)OC(C)=C1C(=O)OCC. The van der Waals surface area contributed by atoms with Crippen molar-refractivity contribution in [2.24, 2.45) is 5.73 Å². The number of ether oxygens (including phenoxy) is 4. The Morgan fingerprint density at radius 3 is 2.54 bits per heavy atom. The van der Waals surface area contributed by atoms with Gasteiger partial charge in [-0.2, -0.15) is 5.26 Å². The van der Waals surface area contributed by atoms with E-state index in [1.165, 1.54) is 0 Å². The smallest absolute Gasteiger partial charge is 0.344 e. The third kappa shape index (κ3) is 4.43. The summed E-state index contributed by atoms with van der Waals surface area (Å²) in [6.07, 6.45) is 0. The molecular weight excluding hydrogens is 364 g/mol. The molecule has 0 saturated heterocycles. The topological polar surface area (TPSA) is 121 Å². The van der Waals surface area contributed by atoms with Gasteiger partial charge in [-0.3, -0.25) is 0 Å². The summed E-state index contributed by atoms with van der Waals surface area (Å²) in [5.41, 5.74) is 6.58.